The Hall–Kier alpha value is -0.220. The number of likely N-dealkylation sites (tertiary alicyclic amines) is 1. The molecule has 2 unspecified atom stereocenters. The molecular formula is C14H25N3S. The molecule has 0 aromatic carbocycles. The number of hydrogen-bond acceptors (Lipinski definition) is 4. The Morgan fingerprint density at radius 2 is 2.22 bits per heavy atom. The lowest BCUT2D eigenvalue weighted by atomic mass is 10.1. The summed E-state index contributed by atoms with van der Waals surface area (Å²) < 4.78 is 0. The molecule has 3 rings (SSSR count). The van der Waals surface area contributed by atoms with Gasteiger partial charge in [-0.15, -0.1) is 0 Å². The number of thioether (sulfide) groups is 1. The lowest BCUT2D eigenvalue weighted by Crippen LogP contribution is -2.31. The van der Waals surface area contributed by atoms with Crippen LogP contribution in [0.3, 0.4) is 0 Å². The third kappa shape index (κ3) is 3.02. The van der Waals surface area contributed by atoms with E-state index in [0.717, 1.165) is 30.2 Å². The molecule has 2 heterocycles. The number of aliphatic imine (C=N–C) groups is 1. The van der Waals surface area contributed by atoms with Crippen LogP contribution in [-0.4, -0.2) is 47.5 Å². The average Bonchev–Trinajstić information content (AvgIpc) is 2.92. The Labute approximate surface area is 115 Å². The highest BCUT2D eigenvalue weighted by molar-refractivity contribution is 8.14. The Balaban J connectivity index is 1.37. The summed E-state index contributed by atoms with van der Waals surface area (Å²) in [6.45, 7) is 9.30. The molecule has 1 N–H and O–H groups in total. The van der Waals surface area contributed by atoms with E-state index in [-0.39, 0.29) is 0 Å². The zero-order chi connectivity index (χ0) is 12.5. The summed E-state index contributed by atoms with van der Waals surface area (Å²) in [7, 11) is 0. The van der Waals surface area contributed by atoms with Crippen molar-refractivity contribution in [2.75, 3.05) is 26.2 Å². The largest absolute Gasteiger partial charge is 0.365 e. The van der Waals surface area contributed by atoms with E-state index in [4.69, 9.17) is 0 Å². The van der Waals surface area contributed by atoms with E-state index in [0.29, 0.717) is 6.04 Å². The molecule has 2 aliphatic heterocycles. The first-order valence-electron chi connectivity index (χ1n) is 7.41. The van der Waals surface area contributed by atoms with Gasteiger partial charge in [-0.3, -0.25) is 4.99 Å². The summed E-state index contributed by atoms with van der Waals surface area (Å²) in [6.07, 6.45) is 4.22. The number of nitrogens with one attached hydrogen (secondary N) is 1. The Morgan fingerprint density at radius 1 is 1.39 bits per heavy atom. The zero-order valence-electron chi connectivity index (χ0n) is 11.6. The normalized spacial score (nSPS) is 33.2. The number of amidine groups is 1. The molecule has 0 aromatic heterocycles. The summed E-state index contributed by atoms with van der Waals surface area (Å²) in [6, 6.07) is 0.701. The monoisotopic (exact) mass is 267 g/mol. The van der Waals surface area contributed by atoms with Crippen LogP contribution in [-0.2, 0) is 0 Å². The van der Waals surface area contributed by atoms with Crippen LogP contribution < -0.4 is 5.32 Å². The minimum Gasteiger partial charge on any atom is -0.365 e. The van der Waals surface area contributed by atoms with E-state index < -0.39 is 0 Å². The second-order valence-corrected chi connectivity index (χ2v) is 7.49. The van der Waals surface area contributed by atoms with Gasteiger partial charge in [0.25, 0.3) is 0 Å². The van der Waals surface area contributed by atoms with Gasteiger partial charge >= 0.3 is 0 Å². The van der Waals surface area contributed by atoms with E-state index in [1.54, 1.807) is 0 Å². The van der Waals surface area contributed by atoms with Gasteiger partial charge in [-0.2, -0.15) is 0 Å². The molecule has 3 aliphatic rings. The van der Waals surface area contributed by atoms with Crippen molar-refractivity contribution in [2.45, 2.75) is 44.4 Å². The SMILES string of the molecule is CC(C)N1CCC(CNC2=NCC(C3CC3)S2)C1. The highest BCUT2D eigenvalue weighted by Crippen LogP contribution is 2.41. The van der Waals surface area contributed by atoms with Gasteiger partial charge in [0, 0.05) is 24.4 Å². The van der Waals surface area contributed by atoms with Crippen molar-refractivity contribution in [3.8, 4) is 0 Å². The van der Waals surface area contributed by atoms with Crippen molar-refractivity contribution >= 4 is 16.9 Å². The van der Waals surface area contributed by atoms with Crippen molar-refractivity contribution in [1.29, 1.82) is 0 Å². The van der Waals surface area contributed by atoms with Crippen LogP contribution in [0.5, 0.6) is 0 Å². The second kappa shape index (κ2) is 5.41. The Bertz CT molecular complexity index is 325. The minimum absolute atomic E-state index is 0.701. The maximum absolute atomic E-state index is 4.65. The smallest absolute Gasteiger partial charge is 0.156 e. The van der Waals surface area contributed by atoms with E-state index in [9.17, 15) is 0 Å². The summed E-state index contributed by atoms with van der Waals surface area (Å²) in [5, 5.41) is 5.59. The highest BCUT2D eigenvalue weighted by Gasteiger charge is 2.35. The molecule has 1 saturated carbocycles. The van der Waals surface area contributed by atoms with Gasteiger partial charge in [0.1, 0.15) is 0 Å². The predicted octanol–water partition coefficient (Wildman–Crippen LogP) is 2.19. The topological polar surface area (TPSA) is 27.6 Å². The number of nitrogens with zero attached hydrogens (tertiary/aromatic N) is 2. The molecule has 2 fully saturated rings. The summed E-state index contributed by atoms with van der Waals surface area (Å²) >= 11 is 2.00. The molecule has 0 spiro atoms. The molecular weight excluding hydrogens is 242 g/mol. The van der Waals surface area contributed by atoms with Gasteiger partial charge in [-0.25, -0.2) is 0 Å². The molecule has 4 heteroatoms. The first-order chi connectivity index (χ1) is 8.72. The highest BCUT2D eigenvalue weighted by atomic mass is 32.2. The van der Waals surface area contributed by atoms with Crippen molar-refractivity contribution < 1.29 is 0 Å². The third-order valence-corrected chi connectivity index (χ3v) is 5.75. The maximum atomic E-state index is 4.65. The number of rotatable bonds is 4. The van der Waals surface area contributed by atoms with Gasteiger partial charge in [0.05, 0.1) is 6.54 Å². The zero-order valence-corrected chi connectivity index (χ0v) is 12.4. The predicted molar refractivity (Wildman–Crippen MR) is 79.2 cm³/mol. The molecule has 102 valence electrons. The van der Waals surface area contributed by atoms with E-state index in [2.05, 4.69) is 29.1 Å². The van der Waals surface area contributed by atoms with Crippen LogP contribution >= 0.6 is 11.8 Å². The average molecular weight is 267 g/mol. The summed E-state index contributed by atoms with van der Waals surface area (Å²) in [5.41, 5.74) is 0. The van der Waals surface area contributed by atoms with Crippen molar-refractivity contribution in [2.24, 2.45) is 16.8 Å². The molecule has 0 aromatic rings. The van der Waals surface area contributed by atoms with Crippen molar-refractivity contribution in [1.82, 2.24) is 10.2 Å². The van der Waals surface area contributed by atoms with Crippen LogP contribution in [0.25, 0.3) is 0 Å². The van der Waals surface area contributed by atoms with E-state index in [1.807, 2.05) is 11.8 Å². The first-order valence-corrected chi connectivity index (χ1v) is 8.29. The van der Waals surface area contributed by atoms with Crippen molar-refractivity contribution in [3.63, 3.8) is 0 Å². The van der Waals surface area contributed by atoms with Crippen LogP contribution in [0.15, 0.2) is 4.99 Å². The molecule has 0 radical (unpaired) electrons. The molecule has 1 saturated heterocycles. The fourth-order valence-corrected chi connectivity index (χ4v) is 4.15. The molecule has 3 nitrogen and oxygen atoms in total. The van der Waals surface area contributed by atoms with Gasteiger partial charge in [-0.1, -0.05) is 11.8 Å². The second-order valence-electron chi connectivity index (χ2n) is 6.26. The number of hydrogen-bond donors (Lipinski definition) is 1. The standard InChI is InChI=1S/C14H25N3S/c1-10(2)17-6-5-11(9-17)7-15-14-16-8-13(18-14)12-3-4-12/h10-13H,3-9H2,1-2H3,(H,15,16). The van der Waals surface area contributed by atoms with Gasteiger partial charge in [-0.05, 0) is 51.5 Å². The molecule has 2 atom stereocenters. The molecule has 18 heavy (non-hydrogen) atoms. The molecule has 0 bridgehead atoms. The first kappa shape index (κ1) is 12.8. The van der Waals surface area contributed by atoms with Crippen LogP contribution in [0, 0.1) is 11.8 Å². The van der Waals surface area contributed by atoms with Crippen LogP contribution in [0.1, 0.15) is 33.1 Å². The van der Waals surface area contributed by atoms with Gasteiger partial charge < -0.3 is 10.2 Å². The Morgan fingerprint density at radius 3 is 2.89 bits per heavy atom. The summed E-state index contributed by atoms with van der Waals surface area (Å²) in [5.74, 6) is 1.79. The maximum Gasteiger partial charge on any atom is 0.156 e. The van der Waals surface area contributed by atoms with Gasteiger partial charge in [0.2, 0.25) is 0 Å². The third-order valence-electron chi connectivity index (χ3n) is 4.42. The fourth-order valence-electron chi connectivity index (χ4n) is 2.93. The quantitative estimate of drug-likeness (QED) is 0.846. The van der Waals surface area contributed by atoms with Crippen LogP contribution in [0.2, 0.25) is 0 Å². The fraction of sp³-hybridized carbons (Fsp3) is 0.929. The minimum atomic E-state index is 0.701. The Kier molecular flexibility index (Phi) is 3.85. The van der Waals surface area contributed by atoms with Crippen LogP contribution in [0.4, 0.5) is 0 Å². The lowest BCUT2D eigenvalue weighted by Gasteiger charge is -2.20. The van der Waals surface area contributed by atoms with Crippen molar-refractivity contribution in [3.05, 3.63) is 0 Å². The van der Waals surface area contributed by atoms with E-state index >= 15 is 0 Å². The van der Waals surface area contributed by atoms with Gasteiger partial charge in [0.15, 0.2) is 5.17 Å². The molecule has 0 amide bonds. The lowest BCUT2D eigenvalue weighted by molar-refractivity contribution is 0.265. The van der Waals surface area contributed by atoms with E-state index in [1.165, 1.54) is 37.5 Å². The summed E-state index contributed by atoms with van der Waals surface area (Å²) in [4.78, 5) is 7.23. The molecule has 1 aliphatic carbocycles.